The van der Waals surface area contributed by atoms with Crippen LogP contribution < -0.4 is 0 Å². The molecule has 0 amide bonds. The van der Waals surface area contributed by atoms with Gasteiger partial charge in [-0.1, -0.05) is 22.0 Å². The number of halogens is 1. The van der Waals surface area contributed by atoms with Gasteiger partial charge in [-0.05, 0) is 0 Å². The SMILES string of the molecule is C=CCBr.[CH3][Zr][C]1=CC=CC1. The summed E-state index contributed by atoms with van der Waals surface area (Å²) in [7, 11) is 0. The monoisotopic (exact) mass is 290 g/mol. The summed E-state index contributed by atoms with van der Waals surface area (Å²) in [5, 5.41) is 0.896. The Kier molecular flexibility index (Phi) is 9.14. The van der Waals surface area contributed by atoms with Crippen LogP contribution in [0.3, 0.4) is 0 Å². The summed E-state index contributed by atoms with van der Waals surface area (Å²) in [6.45, 7) is 3.43. The van der Waals surface area contributed by atoms with Crippen molar-refractivity contribution in [2.45, 2.75) is 11.1 Å². The molecule has 1 aliphatic carbocycles. The summed E-state index contributed by atoms with van der Waals surface area (Å²) in [6, 6.07) is 0. The third kappa shape index (κ3) is 6.96. The Morgan fingerprint density at radius 1 is 1.82 bits per heavy atom. The van der Waals surface area contributed by atoms with Crippen LogP contribution in [0.2, 0.25) is 4.63 Å². The molecular weight excluding hydrogens is 279 g/mol. The Morgan fingerprint density at radius 3 is 2.64 bits per heavy atom. The predicted octanol–water partition coefficient (Wildman–Crippen LogP) is 3.53. The zero-order valence-electron chi connectivity index (χ0n) is 6.81. The van der Waals surface area contributed by atoms with Crippen LogP contribution in [0.25, 0.3) is 0 Å². The molecule has 0 fully saturated rings. The molecule has 0 aromatic heterocycles. The maximum absolute atomic E-state index is 3.43. The molecule has 0 heterocycles. The van der Waals surface area contributed by atoms with Crippen molar-refractivity contribution in [3.63, 3.8) is 0 Å². The quantitative estimate of drug-likeness (QED) is 0.539. The molecule has 11 heavy (non-hydrogen) atoms. The standard InChI is InChI=1S/C5H5.C3H5Br.CH3.Zr/c1-2-4-5-3-1;1-2-3-4;;/h1-3H,4H2;2H,1,3H2;1H3;. The molecule has 0 saturated carbocycles. The van der Waals surface area contributed by atoms with Gasteiger partial charge >= 0.3 is 55.8 Å². The van der Waals surface area contributed by atoms with Gasteiger partial charge in [0.15, 0.2) is 0 Å². The second kappa shape index (κ2) is 8.68. The normalized spacial score (nSPS) is 13.1. The van der Waals surface area contributed by atoms with Crippen LogP contribution in [0.5, 0.6) is 0 Å². The predicted molar refractivity (Wildman–Crippen MR) is 51.7 cm³/mol. The minimum atomic E-state index is -0.0408. The van der Waals surface area contributed by atoms with Crippen molar-refractivity contribution in [2.24, 2.45) is 0 Å². The van der Waals surface area contributed by atoms with E-state index >= 15 is 0 Å². The van der Waals surface area contributed by atoms with E-state index in [9.17, 15) is 0 Å². The van der Waals surface area contributed by atoms with E-state index in [0.717, 1.165) is 5.33 Å². The molecule has 0 N–H and O–H groups in total. The van der Waals surface area contributed by atoms with E-state index < -0.39 is 0 Å². The first-order valence-electron chi connectivity index (χ1n) is 3.55. The Labute approximate surface area is 89.2 Å². The van der Waals surface area contributed by atoms with Gasteiger partial charge in [-0.3, -0.25) is 0 Å². The molecule has 0 saturated heterocycles. The molecule has 0 aliphatic heterocycles. The Bertz CT molecular complexity index is 159. The summed E-state index contributed by atoms with van der Waals surface area (Å²) in [5.74, 6) is 0. The zero-order chi connectivity index (χ0) is 8.53. The molecule has 0 nitrogen and oxygen atoms in total. The van der Waals surface area contributed by atoms with Gasteiger partial charge in [0.25, 0.3) is 0 Å². The van der Waals surface area contributed by atoms with E-state index in [1.807, 2.05) is 0 Å². The molecule has 0 aromatic carbocycles. The molecule has 0 spiro atoms. The van der Waals surface area contributed by atoms with Crippen LogP contribution in [0.15, 0.2) is 34.2 Å². The van der Waals surface area contributed by atoms with Crippen LogP contribution in [0, 0.1) is 0 Å². The van der Waals surface area contributed by atoms with Gasteiger partial charge in [-0.25, -0.2) is 0 Å². The fraction of sp³-hybridized carbons (Fsp3) is 0.333. The zero-order valence-corrected chi connectivity index (χ0v) is 10.9. The van der Waals surface area contributed by atoms with Gasteiger partial charge in [0.1, 0.15) is 0 Å². The molecule has 1 aliphatic rings. The number of allylic oxidation sites excluding steroid dienone is 5. The molecule has 0 aromatic rings. The first-order chi connectivity index (χ1) is 5.35. The fourth-order valence-corrected chi connectivity index (χ4v) is 2.07. The Hall–Kier alpha value is 0.583. The number of hydrogen-bond donors (Lipinski definition) is 0. The van der Waals surface area contributed by atoms with Crippen LogP contribution in [-0.4, -0.2) is 5.33 Å². The van der Waals surface area contributed by atoms with E-state index in [4.69, 9.17) is 0 Å². The van der Waals surface area contributed by atoms with Crippen LogP contribution in [0.4, 0.5) is 0 Å². The van der Waals surface area contributed by atoms with Gasteiger partial charge < -0.3 is 0 Å². The van der Waals surface area contributed by atoms with Gasteiger partial charge in [-0.15, -0.1) is 6.58 Å². The third-order valence-corrected chi connectivity index (χ3v) is 4.15. The summed E-state index contributed by atoms with van der Waals surface area (Å²) in [4.78, 5) is 0. The molecule has 0 atom stereocenters. The van der Waals surface area contributed by atoms with E-state index in [-0.39, 0.29) is 23.2 Å². The number of alkyl halides is 1. The maximum atomic E-state index is 3.43. The number of hydrogen-bond acceptors (Lipinski definition) is 0. The molecule has 0 radical (unpaired) electrons. The van der Waals surface area contributed by atoms with Crippen molar-refractivity contribution in [1.82, 2.24) is 0 Å². The summed E-state index contributed by atoms with van der Waals surface area (Å²) >= 11 is 3.09. The fourth-order valence-electron chi connectivity index (χ4n) is 0.633. The minimum absolute atomic E-state index is 0.0408. The summed E-state index contributed by atoms with van der Waals surface area (Å²) in [6.07, 6.45) is 9.73. The average Bonchev–Trinajstić information content (AvgIpc) is 2.56. The topological polar surface area (TPSA) is 0 Å². The second-order valence-electron chi connectivity index (χ2n) is 2.02. The molecule has 0 unspecified atom stereocenters. The van der Waals surface area contributed by atoms with E-state index in [0.29, 0.717) is 0 Å². The van der Waals surface area contributed by atoms with Crippen molar-refractivity contribution in [3.8, 4) is 0 Å². The van der Waals surface area contributed by atoms with Gasteiger partial charge in [-0.2, -0.15) is 0 Å². The molecule has 2 heteroatoms. The van der Waals surface area contributed by atoms with Crippen molar-refractivity contribution >= 4 is 15.9 Å². The van der Waals surface area contributed by atoms with Gasteiger partial charge in [0.2, 0.25) is 0 Å². The molecule has 1 rings (SSSR count). The third-order valence-electron chi connectivity index (χ3n) is 1.20. The summed E-state index contributed by atoms with van der Waals surface area (Å²) in [5.41, 5.74) is 0. The van der Waals surface area contributed by atoms with Crippen molar-refractivity contribution in [1.29, 1.82) is 0 Å². The van der Waals surface area contributed by atoms with E-state index in [2.05, 4.69) is 45.4 Å². The molecule has 60 valence electrons. The van der Waals surface area contributed by atoms with Crippen molar-refractivity contribution < 1.29 is 23.2 Å². The van der Waals surface area contributed by atoms with Gasteiger partial charge in [0, 0.05) is 5.33 Å². The Balaban J connectivity index is 0.000000218. The van der Waals surface area contributed by atoms with Crippen molar-refractivity contribution in [2.75, 3.05) is 5.33 Å². The van der Waals surface area contributed by atoms with Crippen LogP contribution >= 0.6 is 15.9 Å². The van der Waals surface area contributed by atoms with Crippen LogP contribution in [-0.2, 0) is 23.2 Å². The Morgan fingerprint density at radius 2 is 2.45 bits per heavy atom. The van der Waals surface area contributed by atoms with Crippen LogP contribution in [0.1, 0.15) is 6.42 Å². The van der Waals surface area contributed by atoms with E-state index in [1.165, 1.54) is 6.42 Å². The van der Waals surface area contributed by atoms with Crippen molar-refractivity contribution in [3.05, 3.63) is 34.2 Å². The van der Waals surface area contributed by atoms with E-state index in [1.54, 1.807) is 9.36 Å². The number of rotatable bonds is 2. The van der Waals surface area contributed by atoms with Gasteiger partial charge in [0.05, 0.1) is 0 Å². The first-order valence-corrected chi connectivity index (χ1v) is 8.36. The molecular formula is C9H13BrZr. The second-order valence-corrected chi connectivity index (χ2v) is 5.47. The summed E-state index contributed by atoms with van der Waals surface area (Å²) < 4.78 is 4.09. The molecule has 0 bridgehead atoms. The first kappa shape index (κ1) is 11.6. The average molecular weight is 292 g/mol.